The Labute approximate surface area is 228 Å². The summed E-state index contributed by atoms with van der Waals surface area (Å²) in [4.78, 5) is 31.6. The van der Waals surface area contributed by atoms with E-state index >= 15 is 0 Å². The van der Waals surface area contributed by atoms with Gasteiger partial charge in [-0.25, -0.2) is 9.78 Å². The lowest BCUT2D eigenvalue weighted by Gasteiger charge is -2.31. The van der Waals surface area contributed by atoms with Crippen molar-refractivity contribution in [2.24, 2.45) is 0 Å². The maximum Gasteiger partial charge on any atom is 0.356 e. The third-order valence-electron chi connectivity index (χ3n) is 7.83. The van der Waals surface area contributed by atoms with Gasteiger partial charge >= 0.3 is 5.97 Å². The van der Waals surface area contributed by atoms with Gasteiger partial charge in [0.05, 0.1) is 54.4 Å². The number of cyclic esters (lactones) is 1. The summed E-state index contributed by atoms with van der Waals surface area (Å²) in [5.41, 5.74) is 0.144. The van der Waals surface area contributed by atoms with E-state index in [1.54, 1.807) is 29.7 Å². The molecule has 0 amide bonds. The van der Waals surface area contributed by atoms with Crippen molar-refractivity contribution in [3.05, 3.63) is 50.8 Å². The summed E-state index contributed by atoms with van der Waals surface area (Å²) in [6.07, 6.45) is 0. The Balaban J connectivity index is 1.59. The predicted octanol–water partition coefficient (Wildman–Crippen LogP) is -0.119. The second-order valence-corrected chi connectivity index (χ2v) is 9.90. The number of hydrogen-bond donors (Lipinski definition) is 4. The maximum atomic E-state index is 13.8. The summed E-state index contributed by atoms with van der Waals surface area (Å²) in [5, 5.41) is 33.5. The van der Waals surface area contributed by atoms with Gasteiger partial charge in [-0.05, 0) is 24.6 Å². The van der Waals surface area contributed by atoms with Crippen molar-refractivity contribution in [3.63, 3.8) is 0 Å². The number of ether oxygens (including phenoxy) is 4. The SMILES string of the molecule is CC#C[C@@]1(OC)C(=O)OCc2c1cc1n(c2=O)Cc2c-1nc1cc3c(cc1c2CNC(CO)(CO)CO)OCO3. The molecule has 6 rings (SSSR count). The average Bonchev–Trinajstić information content (AvgIpc) is 3.58. The van der Waals surface area contributed by atoms with E-state index in [-0.39, 0.29) is 37.6 Å². The van der Waals surface area contributed by atoms with Crippen LogP contribution in [0.1, 0.15) is 29.2 Å². The van der Waals surface area contributed by atoms with E-state index in [4.69, 9.17) is 23.9 Å². The molecule has 0 spiro atoms. The topological polar surface area (TPSA) is 162 Å². The fourth-order valence-electron chi connectivity index (χ4n) is 5.48. The number of aliphatic hydroxyl groups is 3. The van der Waals surface area contributed by atoms with Crippen LogP contribution in [0.15, 0.2) is 23.0 Å². The van der Waals surface area contributed by atoms with Gasteiger partial charge in [-0.15, -0.1) is 5.92 Å². The molecule has 0 unspecified atom stereocenters. The number of nitrogens with one attached hydrogen (secondary N) is 1. The fraction of sp³-hybridized carbons (Fsp3) is 0.393. The minimum absolute atomic E-state index is 0.0691. The Kier molecular flexibility index (Phi) is 6.29. The van der Waals surface area contributed by atoms with Crippen molar-refractivity contribution in [2.75, 3.05) is 33.7 Å². The number of fused-ring (bicyclic) bond motifs is 6. The van der Waals surface area contributed by atoms with Crippen molar-refractivity contribution in [1.29, 1.82) is 0 Å². The second-order valence-electron chi connectivity index (χ2n) is 9.90. The molecule has 3 aliphatic rings. The Morgan fingerprint density at radius 1 is 1.10 bits per heavy atom. The van der Waals surface area contributed by atoms with Crippen molar-refractivity contribution < 1.29 is 39.1 Å². The number of carbonyl (C=O) groups excluding carboxylic acids is 1. The molecule has 3 aliphatic heterocycles. The molecule has 4 N–H and O–H groups in total. The number of hydrogen-bond acceptors (Lipinski definition) is 11. The molecular formula is C28H27N3O9. The fourth-order valence-corrected chi connectivity index (χ4v) is 5.48. The van der Waals surface area contributed by atoms with Crippen LogP contribution in [0, 0.1) is 11.8 Å². The van der Waals surface area contributed by atoms with Crippen molar-refractivity contribution in [2.45, 2.75) is 37.8 Å². The molecule has 12 nitrogen and oxygen atoms in total. The van der Waals surface area contributed by atoms with E-state index in [0.717, 1.165) is 11.1 Å². The predicted molar refractivity (Wildman–Crippen MR) is 139 cm³/mol. The molecule has 40 heavy (non-hydrogen) atoms. The largest absolute Gasteiger partial charge is 0.457 e. The van der Waals surface area contributed by atoms with Gasteiger partial charge in [0, 0.05) is 36.2 Å². The number of methoxy groups -OCH3 is 1. The lowest BCUT2D eigenvalue weighted by Crippen LogP contribution is -2.54. The van der Waals surface area contributed by atoms with E-state index < -0.39 is 36.9 Å². The van der Waals surface area contributed by atoms with Crippen molar-refractivity contribution in [3.8, 4) is 34.7 Å². The van der Waals surface area contributed by atoms with Crippen LogP contribution in [0.25, 0.3) is 22.3 Å². The molecule has 3 aromatic rings. The number of pyridine rings is 2. The monoisotopic (exact) mass is 549 g/mol. The summed E-state index contributed by atoms with van der Waals surface area (Å²) in [6.45, 7) is 0.205. The molecule has 0 aliphatic carbocycles. The quantitative estimate of drug-likeness (QED) is 0.180. The minimum Gasteiger partial charge on any atom is -0.457 e. The molecule has 1 atom stereocenters. The molecule has 208 valence electrons. The molecule has 5 heterocycles. The highest BCUT2D eigenvalue weighted by molar-refractivity contribution is 5.92. The first kappa shape index (κ1) is 26.2. The lowest BCUT2D eigenvalue weighted by molar-refractivity contribution is -0.168. The average molecular weight is 550 g/mol. The van der Waals surface area contributed by atoms with Gasteiger partial charge in [0.1, 0.15) is 6.61 Å². The number of carbonyl (C=O) groups is 1. The summed E-state index contributed by atoms with van der Waals surface area (Å²) in [5.74, 6) is 5.87. The van der Waals surface area contributed by atoms with Gasteiger partial charge in [-0.2, -0.15) is 0 Å². The third kappa shape index (κ3) is 3.63. The standard InChI is InChI=1S/C28H27N3O9/c1-3-4-28(37-2)19-6-21-24-17(9-31(21)25(35)18(19)10-38-26(28)36)16(8-29-27(11-32,12-33)13-34)15-5-22-23(40-14-39-22)7-20(15)30-24/h5-7,29,32-34H,8-14H2,1-2H3/t28-/m0/s1. The van der Waals surface area contributed by atoms with E-state index in [1.807, 2.05) is 0 Å². The Morgan fingerprint density at radius 3 is 2.50 bits per heavy atom. The van der Waals surface area contributed by atoms with E-state index in [9.17, 15) is 24.9 Å². The van der Waals surface area contributed by atoms with Crippen LogP contribution in [0.2, 0.25) is 0 Å². The smallest absolute Gasteiger partial charge is 0.356 e. The summed E-state index contributed by atoms with van der Waals surface area (Å²) in [6, 6.07) is 5.26. The van der Waals surface area contributed by atoms with E-state index in [0.29, 0.717) is 39.4 Å². The Hall–Kier alpha value is -3.99. The van der Waals surface area contributed by atoms with Gasteiger partial charge in [0.25, 0.3) is 11.2 Å². The van der Waals surface area contributed by atoms with Gasteiger partial charge in [-0.3, -0.25) is 4.79 Å². The number of rotatable bonds is 7. The number of aliphatic hydroxyl groups excluding tert-OH is 3. The van der Waals surface area contributed by atoms with Crippen molar-refractivity contribution in [1.82, 2.24) is 14.9 Å². The number of nitrogens with zero attached hydrogens (tertiary/aromatic N) is 2. The van der Waals surface area contributed by atoms with Gasteiger partial charge < -0.3 is 44.2 Å². The van der Waals surface area contributed by atoms with Crippen LogP contribution in [0.4, 0.5) is 0 Å². The zero-order valence-electron chi connectivity index (χ0n) is 21.9. The van der Waals surface area contributed by atoms with Crippen molar-refractivity contribution >= 4 is 16.9 Å². The highest BCUT2D eigenvalue weighted by Crippen LogP contribution is 2.43. The summed E-state index contributed by atoms with van der Waals surface area (Å²) >= 11 is 0. The van der Waals surface area contributed by atoms with Crippen LogP contribution in [0.3, 0.4) is 0 Å². The molecule has 0 radical (unpaired) electrons. The minimum atomic E-state index is -1.75. The summed E-state index contributed by atoms with van der Waals surface area (Å²) in [7, 11) is 1.34. The molecule has 2 aromatic heterocycles. The van der Waals surface area contributed by atoms with E-state index in [1.165, 1.54) is 7.11 Å². The first-order chi connectivity index (χ1) is 19.3. The first-order valence-electron chi connectivity index (χ1n) is 12.6. The van der Waals surface area contributed by atoms with Crippen LogP contribution >= 0.6 is 0 Å². The first-order valence-corrected chi connectivity index (χ1v) is 12.6. The Morgan fingerprint density at radius 2 is 1.82 bits per heavy atom. The van der Waals surface area contributed by atoms with Crippen LogP contribution in [0.5, 0.6) is 11.5 Å². The van der Waals surface area contributed by atoms with Gasteiger partial charge in [0.2, 0.25) is 6.79 Å². The lowest BCUT2D eigenvalue weighted by atomic mass is 9.88. The molecule has 12 heteroatoms. The van der Waals surface area contributed by atoms with Gasteiger partial charge in [0.15, 0.2) is 11.5 Å². The maximum absolute atomic E-state index is 13.8. The second kappa shape index (κ2) is 9.58. The van der Waals surface area contributed by atoms with E-state index in [2.05, 4.69) is 17.2 Å². The zero-order valence-corrected chi connectivity index (χ0v) is 21.9. The normalized spacial score (nSPS) is 18.6. The molecule has 0 fully saturated rings. The zero-order chi connectivity index (χ0) is 28.2. The Bertz CT molecular complexity index is 1670. The highest BCUT2D eigenvalue weighted by atomic mass is 16.7. The number of benzene rings is 1. The number of esters is 1. The molecule has 1 aromatic carbocycles. The third-order valence-corrected chi connectivity index (χ3v) is 7.83. The molecule has 0 saturated heterocycles. The van der Waals surface area contributed by atoms with Gasteiger partial charge in [-0.1, -0.05) is 5.92 Å². The number of aromatic nitrogens is 2. The molecule has 0 bridgehead atoms. The van der Waals surface area contributed by atoms with Crippen LogP contribution in [-0.2, 0) is 39.6 Å². The molecular weight excluding hydrogens is 522 g/mol. The highest BCUT2D eigenvalue weighted by Gasteiger charge is 2.48. The van der Waals surface area contributed by atoms with Crippen LogP contribution < -0.4 is 20.3 Å². The van der Waals surface area contributed by atoms with Crippen LogP contribution in [-0.4, -0.2) is 70.1 Å². The molecule has 0 saturated carbocycles. The summed E-state index contributed by atoms with van der Waals surface area (Å²) < 4.78 is 23.6.